The Labute approximate surface area is 117 Å². The maximum absolute atomic E-state index is 13.0. The van der Waals surface area contributed by atoms with E-state index >= 15 is 0 Å². The van der Waals surface area contributed by atoms with Crippen LogP contribution in [0.2, 0.25) is 0 Å². The van der Waals surface area contributed by atoms with E-state index in [1.165, 1.54) is 23.8 Å². The molecule has 104 valence electrons. The molecule has 0 heterocycles. The van der Waals surface area contributed by atoms with E-state index in [0.29, 0.717) is 0 Å². The van der Waals surface area contributed by atoms with E-state index in [-0.39, 0.29) is 10.6 Å². The zero-order chi connectivity index (χ0) is 14.2. The van der Waals surface area contributed by atoms with Gasteiger partial charge in [-0.2, -0.15) is 8.42 Å². The molecule has 0 saturated carbocycles. The summed E-state index contributed by atoms with van der Waals surface area (Å²) in [4.78, 5) is 0.113. The molecule has 0 radical (unpaired) electrons. The molecule has 0 saturated heterocycles. The second-order valence-corrected chi connectivity index (χ2v) is 6.33. The molecule has 0 bridgehead atoms. The highest BCUT2D eigenvalue weighted by Crippen LogP contribution is 2.26. The molecule has 0 spiro atoms. The van der Waals surface area contributed by atoms with Crippen LogP contribution < -0.4 is 4.18 Å². The molecule has 3 rings (SSSR count). The SMILES string of the molecule is O=S(=O)(Oc1cccc(F)c1)c1ccc2c(c1)CCC2. The van der Waals surface area contributed by atoms with E-state index in [2.05, 4.69) is 0 Å². The van der Waals surface area contributed by atoms with Crippen molar-refractivity contribution in [3.8, 4) is 5.75 Å². The Morgan fingerprint density at radius 3 is 2.60 bits per heavy atom. The maximum atomic E-state index is 13.0. The Morgan fingerprint density at radius 1 is 1.00 bits per heavy atom. The number of fused-ring (bicyclic) bond motifs is 1. The van der Waals surface area contributed by atoms with Gasteiger partial charge in [0.15, 0.2) is 0 Å². The van der Waals surface area contributed by atoms with Crippen LogP contribution >= 0.6 is 0 Å². The van der Waals surface area contributed by atoms with Gasteiger partial charge in [0.1, 0.15) is 16.5 Å². The molecule has 0 unspecified atom stereocenters. The fourth-order valence-corrected chi connectivity index (χ4v) is 3.37. The molecular formula is C15H13FO3S. The Hall–Kier alpha value is -1.88. The van der Waals surface area contributed by atoms with E-state index in [1.54, 1.807) is 12.1 Å². The highest BCUT2D eigenvalue weighted by molar-refractivity contribution is 7.87. The third-order valence-electron chi connectivity index (χ3n) is 3.36. The van der Waals surface area contributed by atoms with Crippen molar-refractivity contribution >= 4 is 10.1 Å². The highest BCUT2D eigenvalue weighted by atomic mass is 32.2. The van der Waals surface area contributed by atoms with Gasteiger partial charge in [-0.05, 0) is 54.7 Å². The molecular weight excluding hydrogens is 279 g/mol. The fraction of sp³-hybridized carbons (Fsp3) is 0.200. The molecule has 1 aliphatic rings. The van der Waals surface area contributed by atoms with E-state index in [4.69, 9.17) is 4.18 Å². The van der Waals surface area contributed by atoms with Gasteiger partial charge in [0.05, 0.1) is 0 Å². The molecule has 20 heavy (non-hydrogen) atoms. The zero-order valence-corrected chi connectivity index (χ0v) is 11.5. The highest BCUT2D eigenvalue weighted by Gasteiger charge is 2.20. The quantitative estimate of drug-likeness (QED) is 0.817. The van der Waals surface area contributed by atoms with Gasteiger partial charge in [0.2, 0.25) is 0 Å². The van der Waals surface area contributed by atoms with Crippen LogP contribution in [0.5, 0.6) is 5.75 Å². The second-order valence-electron chi connectivity index (χ2n) is 4.78. The van der Waals surface area contributed by atoms with Crippen LogP contribution in [0.4, 0.5) is 4.39 Å². The molecule has 1 aliphatic carbocycles. The van der Waals surface area contributed by atoms with Crippen molar-refractivity contribution in [2.24, 2.45) is 0 Å². The van der Waals surface area contributed by atoms with Gasteiger partial charge in [-0.25, -0.2) is 4.39 Å². The van der Waals surface area contributed by atoms with Crippen LogP contribution in [0.3, 0.4) is 0 Å². The summed E-state index contributed by atoms with van der Waals surface area (Å²) in [6.07, 6.45) is 2.92. The molecule has 2 aromatic rings. The van der Waals surface area contributed by atoms with Crippen LogP contribution in [0.1, 0.15) is 17.5 Å². The first kappa shape index (κ1) is 13.1. The number of halogens is 1. The maximum Gasteiger partial charge on any atom is 0.339 e. The smallest absolute Gasteiger partial charge is 0.339 e. The predicted molar refractivity (Wildman–Crippen MR) is 72.7 cm³/mol. The molecule has 3 nitrogen and oxygen atoms in total. The summed E-state index contributed by atoms with van der Waals surface area (Å²) in [5, 5.41) is 0. The largest absolute Gasteiger partial charge is 0.379 e. The Morgan fingerprint density at radius 2 is 1.80 bits per heavy atom. The molecule has 0 fully saturated rings. The second kappa shape index (κ2) is 4.90. The number of hydrogen-bond donors (Lipinski definition) is 0. The number of hydrogen-bond acceptors (Lipinski definition) is 3. The Balaban J connectivity index is 1.92. The van der Waals surface area contributed by atoms with Crippen molar-refractivity contribution in [1.29, 1.82) is 0 Å². The minimum Gasteiger partial charge on any atom is -0.379 e. The lowest BCUT2D eigenvalue weighted by molar-refractivity contribution is 0.483. The van der Waals surface area contributed by atoms with Crippen molar-refractivity contribution in [2.45, 2.75) is 24.2 Å². The zero-order valence-electron chi connectivity index (χ0n) is 10.7. The molecule has 0 N–H and O–H groups in total. The van der Waals surface area contributed by atoms with Crippen LogP contribution in [0.25, 0.3) is 0 Å². The van der Waals surface area contributed by atoms with Crippen molar-refractivity contribution in [2.75, 3.05) is 0 Å². The average molecular weight is 292 g/mol. The van der Waals surface area contributed by atoms with Crippen molar-refractivity contribution in [3.63, 3.8) is 0 Å². The minimum absolute atomic E-state index is 0.0227. The minimum atomic E-state index is -3.92. The van der Waals surface area contributed by atoms with Gasteiger partial charge >= 0.3 is 10.1 Å². The summed E-state index contributed by atoms with van der Waals surface area (Å²) < 4.78 is 42.3. The lowest BCUT2D eigenvalue weighted by Gasteiger charge is -2.08. The average Bonchev–Trinajstić information content (AvgIpc) is 2.85. The standard InChI is InChI=1S/C15H13FO3S/c16-13-5-2-6-14(10-13)19-20(17,18)15-8-7-11-3-1-4-12(11)9-15/h2,5-10H,1,3-4H2. The molecule has 2 aromatic carbocycles. The van der Waals surface area contributed by atoms with Gasteiger partial charge in [-0.3, -0.25) is 0 Å². The van der Waals surface area contributed by atoms with Gasteiger partial charge in [-0.1, -0.05) is 12.1 Å². The van der Waals surface area contributed by atoms with Gasteiger partial charge in [-0.15, -0.1) is 0 Å². The first-order valence-corrected chi connectivity index (χ1v) is 7.77. The first-order valence-electron chi connectivity index (χ1n) is 6.36. The number of aryl methyl sites for hydroxylation is 2. The molecule has 5 heteroatoms. The monoisotopic (exact) mass is 292 g/mol. The van der Waals surface area contributed by atoms with Crippen molar-refractivity contribution in [1.82, 2.24) is 0 Å². The summed E-state index contributed by atoms with van der Waals surface area (Å²) in [5.74, 6) is -0.558. The van der Waals surface area contributed by atoms with Crippen molar-refractivity contribution in [3.05, 3.63) is 59.4 Å². The third kappa shape index (κ3) is 2.54. The van der Waals surface area contributed by atoms with Gasteiger partial charge in [0, 0.05) is 6.07 Å². The lowest BCUT2D eigenvalue weighted by atomic mass is 10.1. The number of benzene rings is 2. The summed E-state index contributed by atoms with van der Waals surface area (Å²) in [7, 11) is -3.92. The van der Waals surface area contributed by atoms with Gasteiger partial charge in [0.25, 0.3) is 0 Å². The summed E-state index contributed by atoms with van der Waals surface area (Å²) >= 11 is 0. The number of rotatable bonds is 3. The summed E-state index contributed by atoms with van der Waals surface area (Å²) in [5.41, 5.74) is 2.24. The predicted octanol–water partition coefficient (Wildman–Crippen LogP) is 3.08. The van der Waals surface area contributed by atoms with E-state index < -0.39 is 15.9 Å². The Kier molecular flexibility index (Phi) is 3.22. The normalized spacial score (nSPS) is 14.1. The molecule has 0 amide bonds. The van der Waals surface area contributed by atoms with Crippen LogP contribution in [0, 0.1) is 5.82 Å². The Bertz CT molecular complexity index is 753. The van der Waals surface area contributed by atoms with E-state index in [9.17, 15) is 12.8 Å². The summed E-state index contributed by atoms with van der Waals surface area (Å²) in [6, 6.07) is 10.1. The molecule has 0 aliphatic heterocycles. The van der Waals surface area contributed by atoms with E-state index in [0.717, 1.165) is 30.9 Å². The topological polar surface area (TPSA) is 43.4 Å². The van der Waals surface area contributed by atoms with Gasteiger partial charge < -0.3 is 4.18 Å². The first-order chi connectivity index (χ1) is 9.54. The van der Waals surface area contributed by atoms with Crippen LogP contribution in [0.15, 0.2) is 47.4 Å². The lowest BCUT2D eigenvalue weighted by Crippen LogP contribution is -2.10. The molecule has 0 aromatic heterocycles. The molecule has 0 atom stereocenters. The van der Waals surface area contributed by atoms with Crippen LogP contribution in [-0.4, -0.2) is 8.42 Å². The fourth-order valence-electron chi connectivity index (χ4n) is 2.40. The van der Waals surface area contributed by atoms with Crippen molar-refractivity contribution < 1.29 is 17.0 Å². The third-order valence-corrected chi connectivity index (χ3v) is 4.60. The van der Waals surface area contributed by atoms with Crippen LogP contribution in [-0.2, 0) is 23.0 Å². The van der Waals surface area contributed by atoms with E-state index in [1.807, 2.05) is 6.07 Å². The summed E-state index contributed by atoms with van der Waals surface area (Å²) in [6.45, 7) is 0.